The number of benzene rings is 2. The van der Waals surface area contributed by atoms with Gasteiger partial charge in [0.05, 0.1) is 11.3 Å². The number of aliphatic hydroxyl groups is 1. The van der Waals surface area contributed by atoms with Crippen LogP contribution >= 0.6 is 0 Å². The highest BCUT2D eigenvalue weighted by molar-refractivity contribution is 5.95. The molecule has 4 aromatic rings. The first-order valence-corrected chi connectivity index (χ1v) is 9.99. The molecular formula is C23H17F6N5O2. The number of nitrogen functional groups attached to an aromatic ring is 1. The first-order chi connectivity index (χ1) is 18.0. The van der Waals surface area contributed by atoms with Crippen LogP contribution in [0.1, 0.15) is 32.9 Å². The van der Waals surface area contributed by atoms with Crippen LogP contribution in [-0.4, -0.2) is 25.4 Å². The number of aliphatic hydroxyl groups excluding tert-OH is 1. The fourth-order valence-electron chi connectivity index (χ4n) is 3.58. The van der Waals surface area contributed by atoms with E-state index in [1.807, 2.05) is 5.32 Å². The predicted octanol–water partition coefficient (Wildman–Crippen LogP) is 4.70. The van der Waals surface area contributed by atoms with Crippen molar-refractivity contribution in [3.05, 3.63) is 76.6 Å². The Kier molecular flexibility index (Phi) is 5.19. The largest absolute Gasteiger partial charge is 0.416 e. The van der Waals surface area contributed by atoms with Gasteiger partial charge in [-0.25, -0.2) is 23.1 Å². The number of nitrogens with two attached hydrogens (primary N) is 1. The lowest BCUT2D eigenvalue weighted by molar-refractivity contribution is -0.138. The minimum atomic E-state index is -4.98. The number of carbonyl (C=O) groups excluding carboxylic acids is 1. The van der Waals surface area contributed by atoms with Crippen LogP contribution in [0.25, 0.3) is 16.8 Å². The quantitative estimate of drug-likeness (QED) is 0.344. The van der Waals surface area contributed by atoms with E-state index in [0.29, 0.717) is 12.1 Å². The molecule has 0 fully saturated rings. The van der Waals surface area contributed by atoms with Crippen LogP contribution < -0.4 is 11.1 Å². The van der Waals surface area contributed by atoms with Crippen molar-refractivity contribution in [1.29, 1.82) is 0 Å². The molecule has 36 heavy (non-hydrogen) atoms. The minimum absolute atomic E-state index is 0.113. The molecule has 0 saturated heterocycles. The summed E-state index contributed by atoms with van der Waals surface area (Å²) in [6, 6.07) is 2.76. The fraction of sp³-hybridized carbons (Fsp3) is 0.174. The summed E-state index contributed by atoms with van der Waals surface area (Å²) >= 11 is 0. The second-order valence-corrected chi connectivity index (χ2v) is 7.70. The summed E-state index contributed by atoms with van der Waals surface area (Å²) in [5.41, 5.74) is 2.08. The monoisotopic (exact) mass is 512 g/mol. The van der Waals surface area contributed by atoms with Crippen LogP contribution in [0.5, 0.6) is 0 Å². The van der Waals surface area contributed by atoms with Gasteiger partial charge < -0.3 is 16.2 Å². The molecule has 0 aliphatic heterocycles. The molecule has 0 bridgehead atoms. The van der Waals surface area contributed by atoms with Gasteiger partial charge in [-0.1, -0.05) is 0 Å². The maximum absolute atomic E-state index is 15.2. The highest BCUT2D eigenvalue weighted by Crippen LogP contribution is 2.35. The topological polar surface area (TPSA) is 106 Å². The van der Waals surface area contributed by atoms with Gasteiger partial charge >= 0.3 is 6.18 Å². The van der Waals surface area contributed by atoms with Gasteiger partial charge in [0.1, 0.15) is 28.7 Å². The van der Waals surface area contributed by atoms with E-state index in [1.54, 1.807) is 0 Å². The first kappa shape index (κ1) is 21.2. The number of fused-ring (bicyclic) bond motifs is 1. The number of carbonyl (C=O) groups is 1. The zero-order chi connectivity index (χ0) is 29.0. The standard InChI is InChI=1S/C23H17F6N5O2/c1-9-8-31-21(30)19-18(32-10(2)34(9)19)14-3-4-15(17(26)16(14)25)33-22(36)20(35)11-5-12(23(27,28)29)7-13(24)6-11/h3-8,20,35H,1-2H3,(H2,30,31)(H,33,36)/t20-/m1/s1/i2D3. The molecule has 0 spiro atoms. The predicted molar refractivity (Wildman–Crippen MR) is 117 cm³/mol. The van der Waals surface area contributed by atoms with E-state index in [-0.39, 0.29) is 28.8 Å². The van der Waals surface area contributed by atoms with E-state index < -0.39 is 70.7 Å². The summed E-state index contributed by atoms with van der Waals surface area (Å²) in [6.07, 6.45) is -6.09. The van der Waals surface area contributed by atoms with Gasteiger partial charge in [-0.2, -0.15) is 13.2 Å². The second-order valence-electron chi connectivity index (χ2n) is 7.70. The first-order valence-electron chi connectivity index (χ1n) is 11.5. The number of aryl methyl sites for hydroxylation is 2. The van der Waals surface area contributed by atoms with E-state index in [1.165, 1.54) is 13.1 Å². The molecule has 0 unspecified atom stereocenters. The summed E-state index contributed by atoms with van der Waals surface area (Å²) in [4.78, 5) is 20.3. The number of aromatic nitrogens is 3. The number of hydrogen-bond donors (Lipinski definition) is 3. The Hall–Kier alpha value is -4.13. The van der Waals surface area contributed by atoms with E-state index in [9.17, 15) is 27.5 Å². The summed E-state index contributed by atoms with van der Waals surface area (Å²) in [7, 11) is 0. The summed E-state index contributed by atoms with van der Waals surface area (Å²) in [5.74, 6) is -6.86. The average Bonchev–Trinajstić information content (AvgIpc) is 3.25. The molecule has 7 nitrogen and oxygen atoms in total. The third-order valence-electron chi connectivity index (χ3n) is 5.27. The number of hydrogen-bond acceptors (Lipinski definition) is 5. The van der Waals surface area contributed by atoms with Crippen LogP contribution in [0.2, 0.25) is 0 Å². The second kappa shape index (κ2) is 8.82. The van der Waals surface area contributed by atoms with E-state index in [0.717, 1.165) is 16.5 Å². The van der Waals surface area contributed by atoms with E-state index in [2.05, 4.69) is 9.97 Å². The molecular weight excluding hydrogens is 492 g/mol. The lowest BCUT2D eigenvalue weighted by Crippen LogP contribution is -2.22. The SMILES string of the molecule is [2H]C([2H])([2H])c1nc(-c2ccc(NC(=O)[C@H](O)c3cc(F)cc(C(F)(F)F)c3)c(F)c2F)c2c(N)ncc(C)n12. The maximum Gasteiger partial charge on any atom is 0.416 e. The fourth-order valence-corrected chi connectivity index (χ4v) is 3.58. The average molecular weight is 512 g/mol. The van der Waals surface area contributed by atoms with E-state index >= 15 is 8.78 Å². The van der Waals surface area contributed by atoms with Gasteiger partial charge in [0.2, 0.25) is 0 Å². The molecule has 13 heteroatoms. The zero-order valence-electron chi connectivity index (χ0n) is 21.1. The van der Waals surface area contributed by atoms with Gasteiger partial charge in [-0.3, -0.25) is 9.20 Å². The van der Waals surface area contributed by atoms with Crippen LogP contribution in [-0.2, 0) is 11.0 Å². The number of anilines is 2. The van der Waals surface area contributed by atoms with Crippen molar-refractivity contribution in [1.82, 2.24) is 14.4 Å². The normalized spacial score (nSPS) is 14.3. The molecule has 2 heterocycles. The summed E-state index contributed by atoms with van der Waals surface area (Å²) in [5, 5.41) is 12.0. The minimum Gasteiger partial charge on any atom is -0.382 e. The van der Waals surface area contributed by atoms with Gasteiger partial charge in [0.15, 0.2) is 17.7 Å². The van der Waals surface area contributed by atoms with Crippen LogP contribution in [0, 0.1) is 31.2 Å². The Morgan fingerprint density at radius 1 is 1.19 bits per heavy atom. The number of rotatable bonds is 4. The van der Waals surface area contributed by atoms with Crippen molar-refractivity contribution in [3.8, 4) is 11.3 Å². The van der Waals surface area contributed by atoms with Crippen molar-refractivity contribution < 1.29 is 40.4 Å². The Morgan fingerprint density at radius 2 is 1.92 bits per heavy atom. The summed E-state index contributed by atoms with van der Waals surface area (Å²) < 4.78 is 107. The lowest BCUT2D eigenvalue weighted by Gasteiger charge is -2.15. The van der Waals surface area contributed by atoms with Crippen molar-refractivity contribution in [2.75, 3.05) is 11.1 Å². The molecule has 4 rings (SSSR count). The van der Waals surface area contributed by atoms with Crippen molar-refractivity contribution in [3.63, 3.8) is 0 Å². The molecule has 2 aromatic heterocycles. The van der Waals surface area contributed by atoms with Crippen LogP contribution in [0.15, 0.2) is 36.5 Å². The van der Waals surface area contributed by atoms with Gasteiger partial charge in [-0.05, 0) is 49.7 Å². The highest BCUT2D eigenvalue weighted by atomic mass is 19.4. The summed E-state index contributed by atoms with van der Waals surface area (Å²) in [6.45, 7) is -1.28. The van der Waals surface area contributed by atoms with Crippen molar-refractivity contribution in [2.45, 2.75) is 26.1 Å². The molecule has 188 valence electrons. The molecule has 2 aromatic carbocycles. The number of alkyl halides is 3. The zero-order valence-corrected chi connectivity index (χ0v) is 18.1. The van der Waals surface area contributed by atoms with Gasteiger partial charge in [0, 0.05) is 21.6 Å². The van der Waals surface area contributed by atoms with E-state index in [4.69, 9.17) is 9.85 Å². The Morgan fingerprint density at radius 3 is 2.58 bits per heavy atom. The van der Waals surface area contributed by atoms with Gasteiger partial charge in [0.25, 0.3) is 5.91 Å². The number of halogens is 6. The molecule has 0 saturated carbocycles. The van der Waals surface area contributed by atoms with Crippen LogP contribution in [0.3, 0.4) is 0 Å². The number of nitrogens with one attached hydrogen (secondary N) is 1. The maximum atomic E-state index is 15.2. The Labute approximate surface area is 203 Å². The third kappa shape index (κ3) is 4.33. The molecule has 1 atom stereocenters. The number of nitrogens with zero attached hydrogens (tertiary/aromatic N) is 3. The highest BCUT2D eigenvalue weighted by Gasteiger charge is 2.33. The van der Waals surface area contributed by atoms with Crippen molar-refractivity contribution in [2.24, 2.45) is 0 Å². The molecule has 0 aliphatic carbocycles. The molecule has 0 aliphatic rings. The van der Waals surface area contributed by atoms with Crippen molar-refractivity contribution >= 4 is 22.9 Å². The lowest BCUT2D eigenvalue weighted by atomic mass is 10.0. The number of imidazole rings is 1. The smallest absolute Gasteiger partial charge is 0.382 e. The van der Waals surface area contributed by atoms with Gasteiger partial charge in [-0.15, -0.1) is 0 Å². The van der Waals surface area contributed by atoms with Crippen LogP contribution in [0.4, 0.5) is 37.8 Å². The molecule has 0 radical (unpaired) electrons. The molecule has 1 amide bonds. The number of amides is 1. The Bertz CT molecular complexity index is 1620. The molecule has 4 N–H and O–H groups in total. The third-order valence-corrected chi connectivity index (χ3v) is 5.27. The Balaban J connectivity index is 1.73.